The third kappa shape index (κ3) is 3.12. The Morgan fingerprint density at radius 1 is 1.47 bits per heavy atom. The lowest BCUT2D eigenvalue weighted by Gasteiger charge is -2.37. The number of hydrogen-bond acceptors (Lipinski definition) is 4. The summed E-state index contributed by atoms with van der Waals surface area (Å²) in [5.41, 5.74) is 0.0237. The van der Waals surface area contributed by atoms with Crippen molar-refractivity contribution in [2.45, 2.75) is 11.8 Å². The second kappa shape index (κ2) is 4.48. The molecule has 1 saturated heterocycles. The third-order valence-electron chi connectivity index (χ3n) is 2.58. The predicted octanol–water partition coefficient (Wildman–Crippen LogP) is 2.03. The zero-order chi connectivity index (χ0) is 12.5. The Bertz CT molecular complexity index is 508. The molecule has 4 nitrogen and oxygen atoms in total. The van der Waals surface area contributed by atoms with E-state index in [1.165, 1.54) is 12.1 Å². The summed E-state index contributed by atoms with van der Waals surface area (Å²) in [6, 6.07) is 6.16. The second-order valence-corrected chi connectivity index (χ2v) is 7.07. The van der Waals surface area contributed by atoms with Crippen LogP contribution in [0.2, 0.25) is 0 Å². The molecule has 0 radical (unpaired) electrons. The van der Waals surface area contributed by atoms with Gasteiger partial charge >= 0.3 is 0 Å². The highest BCUT2D eigenvalue weighted by Crippen LogP contribution is 2.28. The highest BCUT2D eigenvalue weighted by Gasteiger charge is 2.34. The van der Waals surface area contributed by atoms with Crippen LogP contribution in [0.3, 0.4) is 0 Å². The molecule has 0 unspecified atom stereocenters. The van der Waals surface area contributed by atoms with Gasteiger partial charge in [-0.1, -0.05) is 13.0 Å². The average Bonchev–Trinajstić information content (AvgIpc) is 2.23. The second-order valence-electron chi connectivity index (χ2n) is 4.50. The van der Waals surface area contributed by atoms with Crippen LogP contribution in [0.15, 0.2) is 29.2 Å². The van der Waals surface area contributed by atoms with Gasteiger partial charge in [-0.2, -0.15) is 0 Å². The van der Waals surface area contributed by atoms with E-state index in [1.807, 2.05) is 0 Å². The van der Waals surface area contributed by atoms with Crippen LogP contribution in [0.4, 0.5) is 0 Å². The van der Waals surface area contributed by atoms with E-state index in [4.69, 9.17) is 20.2 Å². The van der Waals surface area contributed by atoms with Crippen molar-refractivity contribution in [3.63, 3.8) is 0 Å². The molecule has 1 aliphatic rings. The Labute approximate surface area is 105 Å². The summed E-state index contributed by atoms with van der Waals surface area (Å²) in [6.07, 6.45) is 0. The lowest BCUT2D eigenvalue weighted by Crippen LogP contribution is -2.44. The van der Waals surface area contributed by atoms with Gasteiger partial charge in [0.15, 0.2) is 0 Å². The zero-order valence-electron chi connectivity index (χ0n) is 9.35. The Morgan fingerprint density at radius 3 is 2.71 bits per heavy atom. The third-order valence-corrected chi connectivity index (χ3v) is 3.93. The van der Waals surface area contributed by atoms with Crippen LogP contribution < -0.4 is 4.74 Å². The van der Waals surface area contributed by atoms with Gasteiger partial charge in [-0.05, 0) is 12.1 Å². The van der Waals surface area contributed by atoms with Gasteiger partial charge in [-0.3, -0.25) is 0 Å². The molecule has 2 rings (SSSR count). The van der Waals surface area contributed by atoms with Gasteiger partial charge in [-0.15, -0.1) is 0 Å². The first kappa shape index (κ1) is 12.7. The molecular weight excluding hydrogens is 264 g/mol. The van der Waals surface area contributed by atoms with Crippen LogP contribution in [-0.2, 0) is 13.8 Å². The molecule has 6 heteroatoms. The number of benzene rings is 1. The molecule has 1 heterocycles. The van der Waals surface area contributed by atoms with Crippen molar-refractivity contribution < 1.29 is 17.9 Å². The monoisotopic (exact) mass is 276 g/mol. The highest BCUT2D eigenvalue weighted by atomic mass is 35.7. The van der Waals surface area contributed by atoms with E-state index in [0.717, 1.165) is 0 Å². The lowest BCUT2D eigenvalue weighted by atomic mass is 9.90. The molecule has 0 amide bonds. The Morgan fingerprint density at radius 2 is 2.18 bits per heavy atom. The molecule has 1 fully saturated rings. The standard InChI is InChI=1S/C11H13ClO4S/c1-11(6-15-7-11)8-16-9-3-2-4-10(5-9)17(12,13)14/h2-5H,6-8H2,1H3. The van der Waals surface area contributed by atoms with E-state index in [0.29, 0.717) is 25.6 Å². The fraction of sp³-hybridized carbons (Fsp3) is 0.455. The van der Waals surface area contributed by atoms with Crippen molar-refractivity contribution in [3.05, 3.63) is 24.3 Å². The maximum Gasteiger partial charge on any atom is 0.261 e. The molecule has 0 aliphatic carbocycles. The van der Waals surface area contributed by atoms with Crippen molar-refractivity contribution >= 4 is 19.7 Å². The summed E-state index contributed by atoms with van der Waals surface area (Å²) < 4.78 is 32.9. The number of ether oxygens (including phenoxy) is 2. The summed E-state index contributed by atoms with van der Waals surface area (Å²) in [6.45, 7) is 3.89. The minimum Gasteiger partial charge on any atom is -0.493 e. The maximum atomic E-state index is 11.1. The number of hydrogen-bond donors (Lipinski definition) is 0. The van der Waals surface area contributed by atoms with E-state index < -0.39 is 9.05 Å². The molecule has 1 aliphatic heterocycles. The summed E-state index contributed by atoms with van der Waals surface area (Å²) >= 11 is 0. The van der Waals surface area contributed by atoms with Gasteiger partial charge in [-0.25, -0.2) is 8.42 Å². The minimum atomic E-state index is -3.70. The van der Waals surface area contributed by atoms with Crippen LogP contribution >= 0.6 is 10.7 Å². The van der Waals surface area contributed by atoms with Gasteiger partial charge in [0, 0.05) is 22.2 Å². The molecular formula is C11H13ClO4S. The first-order chi connectivity index (χ1) is 7.89. The summed E-state index contributed by atoms with van der Waals surface area (Å²) in [4.78, 5) is 0.0479. The van der Waals surface area contributed by atoms with Crippen LogP contribution in [0, 0.1) is 5.41 Å². The molecule has 0 aromatic heterocycles. The van der Waals surface area contributed by atoms with Crippen molar-refractivity contribution in [1.29, 1.82) is 0 Å². The molecule has 0 bridgehead atoms. The van der Waals surface area contributed by atoms with Gasteiger partial charge in [0.05, 0.1) is 24.7 Å². The number of rotatable bonds is 4. The molecule has 17 heavy (non-hydrogen) atoms. The van der Waals surface area contributed by atoms with Crippen molar-refractivity contribution in [1.82, 2.24) is 0 Å². The van der Waals surface area contributed by atoms with E-state index in [1.54, 1.807) is 12.1 Å². The van der Waals surface area contributed by atoms with Crippen LogP contribution in [0.25, 0.3) is 0 Å². The van der Waals surface area contributed by atoms with Crippen LogP contribution in [0.1, 0.15) is 6.92 Å². The SMILES string of the molecule is CC1(COc2cccc(S(=O)(=O)Cl)c2)COC1. The van der Waals surface area contributed by atoms with Gasteiger partial charge in [0.25, 0.3) is 9.05 Å². The van der Waals surface area contributed by atoms with Gasteiger partial charge in [0.2, 0.25) is 0 Å². The van der Waals surface area contributed by atoms with Crippen LogP contribution in [0.5, 0.6) is 5.75 Å². The fourth-order valence-electron chi connectivity index (χ4n) is 1.51. The molecule has 1 aromatic rings. The largest absolute Gasteiger partial charge is 0.493 e. The molecule has 0 spiro atoms. The molecule has 1 aromatic carbocycles. The Kier molecular flexibility index (Phi) is 3.34. The Hall–Kier alpha value is -0.780. The van der Waals surface area contributed by atoms with Crippen LogP contribution in [-0.4, -0.2) is 28.2 Å². The average molecular weight is 277 g/mol. The molecule has 0 N–H and O–H groups in total. The molecule has 94 valence electrons. The summed E-state index contributed by atoms with van der Waals surface area (Å²) in [5, 5.41) is 0. The van der Waals surface area contributed by atoms with Crippen molar-refractivity contribution in [2.24, 2.45) is 5.41 Å². The predicted molar refractivity (Wildman–Crippen MR) is 63.9 cm³/mol. The topological polar surface area (TPSA) is 52.6 Å². The summed E-state index contributed by atoms with van der Waals surface area (Å²) in [7, 11) is 1.55. The Balaban J connectivity index is 2.06. The van der Waals surface area contributed by atoms with Crippen molar-refractivity contribution in [3.8, 4) is 5.75 Å². The first-order valence-corrected chi connectivity index (χ1v) is 7.45. The molecule has 0 atom stereocenters. The highest BCUT2D eigenvalue weighted by molar-refractivity contribution is 8.13. The van der Waals surface area contributed by atoms with Gasteiger partial charge < -0.3 is 9.47 Å². The van der Waals surface area contributed by atoms with Gasteiger partial charge in [0.1, 0.15) is 5.75 Å². The van der Waals surface area contributed by atoms with E-state index in [-0.39, 0.29) is 10.3 Å². The van der Waals surface area contributed by atoms with E-state index in [9.17, 15) is 8.42 Å². The summed E-state index contributed by atoms with van der Waals surface area (Å²) in [5.74, 6) is 0.500. The maximum absolute atomic E-state index is 11.1. The van der Waals surface area contributed by atoms with E-state index in [2.05, 4.69) is 6.92 Å². The quantitative estimate of drug-likeness (QED) is 0.790. The normalized spacial score (nSPS) is 18.5. The van der Waals surface area contributed by atoms with Crippen molar-refractivity contribution in [2.75, 3.05) is 19.8 Å². The lowest BCUT2D eigenvalue weighted by molar-refractivity contribution is -0.120. The van der Waals surface area contributed by atoms with E-state index >= 15 is 0 Å². The number of halogens is 1. The molecule has 0 saturated carbocycles. The first-order valence-electron chi connectivity index (χ1n) is 5.14. The smallest absolute Gasteiger partial charge is 0.261 e. The fourth-order valence-corrected chi connectivity index (χ4v) is 2.29. The zero-order valence-corrected chi connectivity index (χ0v) is 10.9. The minimum absolute atomic E-state index is 0.0237.